The summed E-state index contributed by atoms with van der Waals surface area (Å²) in [5, 5.41) is 0. The van der Waals surface area contributed by atoms with Gasteiger partial charge < -0.3 is 23.8 Å². The summed E-state index contributed by atoms with van der Waals surface area (Å²) in [5.74, 6) is 0. The molecule has 0 saturated carbocycles. The number of amides is 1. The summed E-state index contributed by atoms with van der Waals surface area (Å²) in [6.07, 6.45) is 2.59. The zero-order valence-electron chi connectivity index (χ0n) is 16.8. The highest BCUT2D eigenvalue weighted by atomic mass is 16.6. The lowest BCUT2D eigenvalue weighted by atomic mass is 10.2. The SMILES string of the molecule is CCCOCn1cnc2ccc(N3CCN(C(=O)OC(C)(C)C)CC3)cc21. The third-order valence-electron chi connectivity index (χ3n) is 4.48. The largest absolute Gasteiger partial charge is 0.444 e. The Morgan fingerprint density at radius 2 is 1.93 bits per heavy atom. The number of imidazole rings is 1. The minimum absolute atomic E-state index is 0.233. The molecule has 1 fully saturated rings. The van der Waals surface area contributed by atoms with Crippen LogP contribution in [0.25, 0.3) is 11.0 Å². The Morgan fingerprint density at radius 1 is 1.19 bits per heavy atom. The highest BCUT2D eigenvalue weighted by Gasteiger charge is 2.26. The number of carbonyl (C=O) groups is 1. The standard InChI is InChI=1S/C20H30N4O3/c1-5-12-26-15-24-14-21-17-7-6-16(13-18(17)24)22-8-10-23(11-9-22)19(25)27-20(2,3)4/h6-7,13-14H,5,8-12,15H2,1-4H3. The molecule has 0 aliphatic carbocycles. The van der Waals surface area contributed by atoms with Crippen molar-refractivity contribution in [3.05, 3.63) is 24.5 Å². The van der Waals surface area contributed by atoms with E-state index in [4.69, 9.17) is 9.47 Å². The molecule has 0 bridgehead atoms. The second-order valence-corrected chi connectivity index (χ2v) is 7.88. The summed E-state index contributed by atoms with van der Waals surface area (Å²) >= 11 is 0. The number of benzene rings is 1. The maximum atomic E-state index is 12.2. The molecule has 2 aromatic rings. The normalized spacial score (nSPS) is 15.4. The molecule has 7 nitrogen and oxygen atoms in total. The maximum Gasteiger partial charge on any atom is 0.410 e. The second kappa shape index (κ2) is 8.17. The number of fused-ring (bicyclic) bond motifs is 1. The van der Waals surface area contributed by atoms with E-state index in [1.165, 1.54) is 0 Å². The first-order valence-corrected chi connectivity index (χ1v) is 9.63. The van der Waals surface area contributed by atoms with Crippen LogP contribution in [0.4, 0.5) is 10.5 Å². The van der Waals surface area contributed by atoms with E-state index in [9.17, 15) is 4.79 Å². The van der Waals surface area contributed by atoms with Crippen molar-refractivity contribution in [3.63, 3.8) is 0 Å². The summed E-state index contributed by atoms with van der Waals surface area (Å²) in [6.45, 7) is 11.9. The molecule has 1 aliphatic rings. The number of ether oxygens (including phenoxy) is 2. The molecule has 1 aromatic carbocycles. The van der Waals surface area contributed by atoms with Gasteiger partial charge in [0.25, 0.3) is 0 Å². The maximum absolute atomic E-state index is 12.2. The molecule has 27 heavy (non-hydrogen) atoms. The molecule has 3 rings (SSSR count). The summed E-state index contributed by atoms with van der Waals surface area (Å²) in [5.41, 5.74) is 2.71. The van der Waals surface area contributed by atoms with Gasteiger partial charge in [0, 0.05) is 38.5 Å². The van der Waals surface area contributed by atoms with Crippen LogP contribution in [0, 0.1) is 0 Å². The quantitative estimate of drug-likeness (QED) is 0.750. The molecule has 1 saturated heterocycles. The molecule has 1 aromatic heterocycles. The van der Waals surface area contributed by atoms with Gasteiger partial charge in [0.05, 0.1) is 17.4 Å². The van der Waals surface area contributed by atoms with E-state index < -0.39 is 5.60 Å². The van der Waals surface area contributed by atoms with Crippen molar-refractivity contribution in [2.24, 2.45) is 0 Å². The van der Waals surface area contributed by atoms with E-state index in [1.807, 2.05) is 37.7 Å². The van der Waals surface area contributed by atoms with E-state index >= 15 is 0 Å². The van der Waals surface area contributed by atoms with E-state index in [-0.39, 0.29) is 6.09 Å². The van der Waals surface area contributed by atoms with Gasteiger partial charge >= 0.3 is 6.09 Å². The number of aromatic nitrogens is 2. The van der Waals surface area contributed by atoms with Crippen molar-refractivity contribution in [1.82, 2.24) is 14.5 Å². The number of anilines is 1. The van der Waals surface area contributed by atoms with Crippen LogP contribution in [-0.4, -0.2) is 58.9 Å². The van der Waals surface area contributed by atoms with Gasteiger partial charge in [0.15, 0.2) is 0 Å². The Kier molecular flexibility index (Phi) is 5.89. The van der Waals surface area contributed by atoms with Gasteiger partial charge in [0.2, 0.25) is 0 Å². The van der Waals surface area contributed by atoms with Gasteiger partial charge in [-0.2, -0.15) is 0 Å². The smallest absolute Gasteiger partial charge is 0.410 e. The predicted octanol–water partition coefficient (Wildman–Crippen LogP) is 3.48. The number of nitrogens with zero attached hydrogens (tertiary/aromatic N) is 4. The molecule has 1 aliphatic heterocycles. The predicted molar refractivity (Wildman–Crippen MR) is 106 cm³/mol. The van der Waals surface area contributed by atoms with Crippen molar-refractivity contribution < 1.29 is 14.3 Å². The van der Waals surface area contributed by atoms with Gasteiger partial charge in [0.1, 0.15) is 12.3 Å². The topological polar surface area (TPSA) is 59.8 Å². The van der Waals surface area contributed by atoms with Crippen LogP contribution in [0.3, 0.4) is 0 Å². The Balaban J connectivity index is 1.64. The second-order valence-electron chi connectivity index (χ2n) is 7.88. The van der Waals surface area contributed by atoms with Gasteiger partial charge in [-0.1, -0.05) is 6.92 Å². The van der Waals surface area contributed by atoms with Gasteiger partial charge in [-0.15, -0.1) is 0 Å². The van der Waals surface area contributed by atoms with Crippen LogP contribution in [0.5, 0.6) is 0 Å². The third kappa shape index (κ3) is 4.91. The van der Waals surface area contributed by atoms with Crippen molar-refractivity contribution >= 4 is 22.8 Å². The molecule has 0 radical (unpaired) electrons. The Morgan fingerprint density at radius 3 is 2.59 bits per heavy atom. The van der Waals surface area contributed by atoms with E-state index in [0.717, 1.165) is 42.8 Å². The summed E-state index contributed by atoms with van der Waals surface area (Å²) in [4.78, 5) is 20.8. The molecular formula is C20H30N4O3. The number of hydrogen-bond donors (Lipinski definition) is 0. The summed E-state index contributed by atoms with van der Waals surface area (Å²) in [7, 11) is 0. The monoisotopic (exact) mass is 374 g/mol. The highest BCUT2D eigenvalue weighted by Crippen LogP contribution is 2.23. The fourth-order valence-corrected chi connectivity index (χ4v) is 3.13. The number of rotatable bonds is 5. The minimum Gasteiger partial charge on any atom is -0.444 e. The van der Waals surface area contributed by atoms with Crippen LogP contribution in [-0.2, 0) is 16.2 Å². The molecule has 148 valence electrons. The zero-order valence-corrected chi connectivity index (χ0v) is 16.8. The molecule has 2 heterocycles. The Hall–Kier alpha value is -2.28. The third-order valence-corrected chi connectivity index (χ3v) is 4.48. The molecule has 0 N–H and O–H groups in total. The van der Waals surface area contributed by atoms with Crippen molar-refractivity contribution in [3.8, 4) is 0 Å². The van der Waals surface area contributed by atoms with Crippen LogP contribution in [0.15, 0.2) is 24.5 Å². The first-order valence-electron chi connectivity index (χ1n) is 9.63. The summed E-state index contributed by atoms with van der Waals surface area (Å²) < 4.78 is 13.2. The molecule has 1 amide bonds. The van der Waals surface area contributed by atoms with Crippen molar-refractivity contribution in [1.29, 1.82) is 0 Å². The molecule has 0 unspecified atom stereocenters. The van der Waals surface area contributed by atoms with E-state index in [1.54, 1.807) is 4.90 Å². The fourth-order valence-electron chi connectivity index (χ4n) is 3.13. The molecule has 7 heteroatoms. The average Bonchev–Trinajstić information content (AvgIpc) is 3.03. The van der Waals surface area contributed by atoms with Crippen LogP contribution in [0.1, 0.15) is 34.1 Å². The number of carbonyl (C=O) groups excluding carboxylic acids is 1. The van der Waals surface area contributed by atoms with E-state index in [0.29, 0.717) is 19.8 Å². The molecular weight excluding hydrogens is 344 g/mol. The Bertz CT molecular complexity index is 773. The van der Waals surface area contributed by atoms with Gasteiger partial charge in [-0.05, 0) is 45.4 Å². The lowest BCUT2D eigenvalue weighted by Gasteiger charge is -2.36. The minimum atomic E-state index is -0.461. The average molecular weight is 374 g/mol. The molecule has 0 spiro atoms. The van der Waals surface area contributed by atoms with Gasteiger partial charge in [-0.3, -0.25) is 0 Å². The van der Waals surface area contributed by atoms with Crippen molar-refractivity contribution in [2.75, 3.05) is 37.7 Å². The first-order chi connectivity index (χ1) is 12.9. The summed E-state index contributed by atoms with van der Waals surface area (Å²) in [6, 6.07) is 6.29. The number of piperazine rings is 1. The van der Waals surface area contributed by atoms with Gasteiger partial charge in [-0.25, -0.2) is 9.78 Å². The lowest BCUT2D eigenvalue weighted by Crippen LogP contribution is -2.50. The molecule has 0 atom stereocenters. The number of hydrogen-bond acceptors (Lipinski definition) is 5. The van der Waals surface area contributed by atoms with E-state index in [2.05, 4.69) is 28.9 Å². The zero-order chi connectivity index (χ0) is 19.4. The van der Waals surface area contributed by atoms with Crippen molar-refractivity contribution in [2.45, 2.75) is 46.4 Å². The lowest BCUT2D eigenvalue weighted by molar-refractivity contribution is 0.0240. The fraction of sp³-hybridized carbons (Fsp3) is 0.600. The van der Waals surface area contributed by atoms with Crippen LogP contribution < -0.4 is 4.90 Å². The van der Waals surface area contributed by atoms with Crippen LogP contribution in [0.2, 0.25) is 0 Å². The van der Waals surface area contributed by atoms with Crippen LogP contribution >= 0.6 is 0 Å². The first kappa shape index (κ1) is 19.5. The Labute approximate surface area is 160 Å². The highest BCUT2D eigenvalue weighted by molar-refractivity contribution is 5.80.